The second-order valence-corrected chi connectivity index (χ2v) is 8.53. The van der Waals surface area contributed by atoms with Crippen LogP contribution in [0.4, 0.5) is 22.0 Å². The van der Waals surface area contributed by atoms with Crippen LogP contribution >= 0.6 is 0 Å². The highest BCUT2D eigenvalue weighted by Crippen LogP contribution is 2.30. The van der Waals surface area contributed by atoms with Crippen molar-refractivity contribution in [1.82, 2.24) is 14.9 Å². The zero-order valence-electron chi connectivity index (χ0n) is 15.8. The molecule has 1 aromatic rings. The van der Waals surface area contributed by atoms with Crippen LogP contribution in [0.3, 0.4) is 0 Å². The van der Waals surface area contributed by atoms with Gasteiger partial charge in [0.15, 0.2) is 5.96 Å². The fraction of sp³-hybridized carbons (Fsp3) is 0.588. The van der Waals surface area contributed by atoms with E-state index in [2.05, 4.69) is 15.6 Å². The van der Waals surface area contributed by atoms with Gasteiger partial charge in [0, 0.05) is 31.7 Å². The number of aliphatic imine (C=N–C) groups is 1. The molecule has 0 spiro atoms. The molecule has 0 saturated carbocycles. The molecule has 0 atom stereocenters. The quantitative estimate of drug-likeness (QED) is 0.404. The van der Waals surface area contributed by atoms with Crippen LogP contribution in [0.25, 0.3) is 0 Å². The minimum atomic E-state index is -5.30. The van der Waals surface area contributed by atoms with Gasteiger partial charge in [-0.15, -0.1) is 0 Å². The van der Waals surface area contributed by atoms with E-state index in [0.717, 1.165) is 18.2 Å². The molecule has 0 aliphatic carbocycles. The lowest BCUT2D eigenvalue weighted by Gasteiger charge is -2.31. The lowest BCUT2D eigenvalue weighted by atomic mass is 9.98. The summed E-state index contributed by atoms with van der Waals surface area (Å²) in [6, 6.07) is 3.08. The molecule has 0 aromatic heterocycles. The van der Waals surface area contributed by atoms with E-state index in [1.165, 1.54) is 0 Å². The zero-order chi connectivity index (χ0) is 21.7. The highest BCUT2D eigenvalue weighted by Gasteiger charge is 2.50. The SMILES string of the molecule is CCNC(=NCc1cc(F)ccc1F)NCC1CCN(S(=O)(=O)C(F)(F)F)CC1. The van der Waals surface area contributed by atoms with Gasteiger partial charge in [0.25, 0.3) is 0 Å². The minimum Gasteiger partial charge on any atom is -0.357 e. The lowest BCUT2D eigenvalue weighted by Crippen LogP contribution is -2.47. The smallest absolute Gasteiger partial charge is 0.357 e. The first-order chi connectivity index (χ1) is 13.5. The average molecular weight is 442 g/mol. The first-order valence-corrected chi connectivity index (χ1v) is 10.5. The summed E-state index contributed by atoms with van der Waals surface area (Å²) in [5.74, 6) is -0.856. The summed E-state index contributed by atoms with van der Waals surface area (Å²) in [6.07, 6.45) is 0.528. The third-order valence-electron chi connectivity index (χ3n) is 4.52. The fourth-order valence-corrected chi connectivity index (χ4v) is 3.90. The number of halogens is 5. The Bertz CT molecular complexity index is 822. The lowest BCUT2D eigenvalue weighted by molar-refractivity contribution is -0.0496. The summed E-state index contributed by atoms with van der Waals surface area (Å²) in [4.78, 5) is 4.19. The Labute approximate surface area is 166 Å². The predicted octanol–water partition coefficient (Wildman–Crippen LogP) is 2.58. The molecule has 29 heavy (non-hydrogen) atoms. The van der Waals surface area contributed by atoms with Crippen LogP contribution in [0, 0.1) is 17.6 Å². The molecule has 2 N–H and O–H groups in total. The summed E-state index contributed by atoms with van der Waals surface area (Å²) < 4.78 is 88.1. The largest absolute Gasteiger partial charge is 0.511 e. The first kappa shape index (κ1) is 23.3. The Balaban J connectivity index is 1.91. The van der Waals surface area contributed by atoms with E-state index in [1.807, 2.05) is 6.92 Å². The molecular formula is C17H23F5N4O2S. The summed E-state index contributed by atoms with van der Waals surface area (Å²) in [5, 5.41) is 5.96. The van der Waals surface area contributed by atoms with E-state index in [9.17, 15) is 30.4 Å². The third kappa shape index (κ3) is 6.26. The Hall–Kier alpha value is -1.95. The number of alkyl halides is 3. The summed E-state index contributed by atoms with van der Waals surface area (Å²) in [5.41, 5.74) is -5.21. The number of hydrogen-bond donors (Lipinski definition) is 2. The Morgan fingerprint density at radius 2 is 1.86 bits per heavy atom. The monoisotopic (exact) mass is 442 g/mol. The number of nitrogens with zero attached hydrogens (tertiary/aromatic N) is 2. The van der Waals surface area contributed by atoms with Gasteiger partial charge in [0.1, 0.15) is 11.6 Å². The number of nitrogens with one attached hydrogen (secondary N) is 2. The highest BCUT2D eigenvalue weighted by molar-refractivity contribution is 7.90. The third-order valence-corrected chi connectivity index (χ3v) is 6.15. The molecular weight excluding hydrogens is 419 g/mol. The van der Waals surface area contributed by atoms with Gasteiger partial charge in [0.2, 0.25) is 0 Å². The first-order valence-electron chi connectivity index (χ1n) is 9.07. The fourth-order valence-electron chi connectivity index (χ4n) is 2.91. The molecule has 0 bridgehead atoms. The van der Waals surface area contributed by atoms with E-state index >= 15 is 0 Å². The molecule has 0 radical (unpaired) electrons. The maximum atomic E-state index is 13.7. The van der Waals surface area contributed by atoms with Crippen molar-refractivity contribution >= 4 is 16.0 Å². The molecule has 1 aliphatic heterocycles. The van der Waals surface area contributed by atoms with E-state index in [4.69, 9.17) is 0 Å². The van der Waals surface area contributed by atoms with Crippen molar-refractivity contribution in [2.24, 2.45) is 10.9 Å². The summed E-state index contributed by atoms with van der Waals surface area (Å²) in [6.45, 7) is 2.17. The molecule has 1 heterocycles. The van der Waals surface area contributed by atoms with Crippen molar-refractivity contribution in [3.05, 3.63) is 35.4 Å². The second kappa shape index (κ2) is 9.70. The van der Waals surface area contributed by atoms with E-state index < -0.39 is 27.2 Å². The van der Waals surface area contributed by atoms with E-state index in [-0.39, 0.29) is 44.0 Å². The van der Waals surface area contributed by atoms with Gasteiger partial charge in [0.05, 0.1) is 6.54 Å². The van der Waals surface area contributed by atoms with Crippen molar-refractivity contribution in [2.45, 2.75) is 31.8 Å². The molecule has 1 saturated heterocycles. The molecule has 1 aromatic carbocycles. The van der Waals surface area contributed by atoms with Crippen LogP contribution in [-0.2, 0) is 16.6 Å². The van der Waals surface area contributed by atoms with Crippen LogP contribution in [0.2, 0.25) is 0 Å². The zero-order valence-corrected chi connectivity index (χ0v) is 16.6. The summed E-state index contributed by atoms with van der Waals surface area (Å²) >= 11 is 0. The van der Waals surface area contributed by atoms with Crippen molar-refractivity contribution in [2.75, 3.05) is 26.2 Å². The minimum absolute atomic E-state index is 0.0514. The van der Waals surface area contributed by atoms with Gasteiger partial charge in [-0.05, 0) is 43.9 Å². The molecule has 12 heteroatoms. The Morgan fingerprint density at radius 1 is 1.21 bits per heavy atom. The highest BCUT2D eigenvalue weighted by atomic mass is 32.2. The maximum Gasteiger partial charge on any atom is 0.511 e. The van der Waals surface area contributed by atoms with Crippen LogP contribution in [0.15, 0.2) is 23.2 Å². The van der Waals surface area contributed by atoms with Crippen LogP contribution in [-0.4, -0.2) is 50.4 Å². The standard InChI is InChI=1S/C17H23F5N4O2S/c1-2-23-16(25-11-13-9-14(18)3-4-15(13)19)24-10-12-5-7-26(8-6-12)29(27,28)17(20,21)22/h3-4,9,12H,2,5-8,10-11H2,1H3,(H2,23,24,25). The molecule has 6 nitrogen and oxygen atoms in total. The van der Waals surface area contributed by atoms with Crippen molar-refractivity contribution < 1.29 is 30.4 Å². The maximum absolute atomic E-state index is 13.7. The van der Waals surface area contributed by atoms with Crippen LogP contribution in [0.1, 0.15) is 25.3 Å². The average Bonchev–Trinajstić information content (AvgIpc) is 2.66. The van der Waals surface area contributed by atoms with Gasteiger partial charge in [-0.25, -0.2) is 22.2 Å². The molecule has 0 unspecified atom stereocenters. The Kier molecular flexibility index (Phi) is 7.80. The van der Waals surface area contributed by atoms with Crippen molar-refractivity contribution in [3.63, 3.8) is 0 Å². The number of guanidine groups is 1. The summed E-state index contributed by atoms with van der Waals surface area (Å²) in [7, 11) is -5.30. The number of rotatable bonds is 6. The number of hydrogen-bond acceptors (Lipinski definition) is 3. The normalized spacial score (nSPS) is 17.4. The van der Waals surface area contributed by atoms with Crippen LogP contribution in [0.5, 0.6) is 0 Å². The molecule has 164 valence electrons. The molecule has 2 rings (SSSR count). The van der Waals surface area contributed by atoms with Gasteiger partial charge in [-0.3, -0.25) is 0 Å². The van der Waals surface area contributed by atoms with Gasteiger partial charge in [-0.2, -0.15) is 17.5 Å². The Morgan fingerprint density at radius 3 is 2.45 bits per heavy atom. The predicted molar refractivity (Wildman–Crippen MR) is 98.4 cm³/mol. The van der Waals surface area contributed by atoms with Gasteiger partial charge in [-0.1, -0.05) is 0 Å². The number of piperidine rings is 1. The van der Waals surface area contributed by atoms with Crippen molar-refractivity contribution in [1.29, 1.82) is 0 Å². The van der Waals surface area contributed by atoms with E-state index in [0.29, 0.717) is 23.4 Å². The topological polar surface area (TPSA) is 73.8 Å². The molecule has 1 aliphatic rings. The number of benzene rings is 1. The van der Waals surface area contributed by atoms with Crippen LogP contribution < -0.4 is 10.6 Å². The van der Waals surface area contributed by atoms with E-state index in [1.54, 1.807) is 0 Å². The second-order valence-electron chi connectivity index (χ2n) is 6.60. The van der Waals surface area contributed by atoms with Crippen molar-refractivity contribution in [3.8, 4) is 0 Å². The number of sulfonamides is 1. The van der Waals surface area contributed by atoms with Gasteiger partial charge >= 0.3 is 15.5 Å². The molecule has 1 fully saturated rings. The van der Waals surface area contributed by atoms with Gasteiger partial charge < -0.3 is 10.6 Å². The molecule has 0 amide bonds.